The molecule has 2 unspecified atom stereocenters. The van der Waals surface area contributed by atoms with Gasteiger partial charge < -0.3 is 15.4 Å². The molecule has 23 heavy (non-hydrogen) atoms. The van der Waals surface area contributed by atoms with Crippen LogP contribution in [-0.4, -0.2) is 35.1 Å². The van der Waals surface area contributed by atoms with Crippen LogP contribution in [-0.2, 0) is 11.3 Å². The Morgan fingerprint density at radius 2 is 2.39 bits per heavy atom. The van der Waals surface area contributed by atoms with Crippen LogP contribution in [0.15, 0.2) is 12.4 Å². The summed E-state index contributed by atoms with van der Waals surface area (Å²) in [5.41, 5.74) is 0.724. The molecule has 1 fully saturated rings. The lowest BCUT2D eigenvalue weighted by Crippen LogP contribution is -2.32. The number of amides is 2. The molecule has 1 saturated heterocycles. The fourth-order valence-corrected chi connectivity index (χ4v) is 2.88. The van der Waals surface area contributed by atoms with Gasteiger partial charge in [0, 0.05) is 19.3 Å². The standard InChI is InChI=1S/C17H30N4O2/c1-3-5-7-14(4-2)10-18-17(22)20-15-11-19-21(12-15)13-16-8-6-9-23-16/h11-12,14,16H,3-10,13H2,1-2H3,(H2,18,20,22). The number of hydrogen-bond acceptors (Lipinski definition) is 3. The fraction of sp³-hybridized carbons (Fsp3) is 0.765. The summed E-state index contributed by atoms with van der Waals surface area (Å²) < 4.78 is 7.43. The highest BCUT2D eigenvalue weighted by Crippen LogP contribution is 2.15. The summed E-state index contributed by atoms with van der Waals surface area (Å²) >= 11 is 0. The molecule has 1 aliphatic heterocycles. The Hall–Kier alpha value is -1.56. The van der Waals surface area contributed by atoms with Crippen molar-refractivity contribution in [3.8, 4) is 0 Å². The molecule has 1 aliphatic rings. The Kier molecular flexibility index (Phi) is 7.39. The van der Waals surface area contributed by atoms with E-state index < -0.39 is 0 Å². The molecular formula is C17H30N4O2. The molecule has 0 radical (unpaired) electrons. The monoisotopic (exact) mass is 322 g/mol. The van der Waals surface area contributed by atoms with Crippen LogP contribution in [0, 0.1) is 5.92 Å². The summed E-state index contributed by atoms with van der Waals surface area (Å²) in [4.78, 5) is 12.0. The van der Waals surface area contributed by atoms with E-state index in [1.165, 1.54) is 19.3 Å². The van der Waals surface area contributed by atoms with Gasteiger partial charge in [-0.15, -0.1) is 0 Å². The quantitative estimate of drug-likeness (QED) is 0.732. The zero-order valence-electron chi connectivity index (χ0n) is 14.4. The molecule has 2 heterocycles. The van der Waals surface area contributed by atoms with Gasteiger partial charge in [0.15, 0.2) is 0 Å². The third-order valence-corrected chi connectivity index (χ3v) is 4.40. The first kappa shape index (κ1) is 17.8. The van der Waals surface area contributed by atoms with Gasteiger partial charge in [0.05, 0.1) is 24.5 Å². The maximum absolute atomic E-state index is 12.0. The first-order valence-electron chi connectivity index (χ1n) is 8.90. The van der Waals surface area contributed by atoms with Crippen LogP contribution in [0.2, 0.25) is 0 Å². The van der Waals surface area contributed by atoms with Crippen LogP contribution in [0.5, 0.6) is 0 Å². The van der Waals surface area contributed by atoms with Gasteiger partial charge in [-0.05, 0) is 25.2 Å². The summed E-state index contributed by atoms with van der Waals surface area (Å²) in [6.07, 6.45) is 10.7. The van der Waals surface area contributed by atoms with Crippen LogP contribution >= 0.6 is 0 Å². The number of rotatable bonds is 9. The summed E-state index contributed by atoms with van der Waals surface area (Å²) in [5, 5.41) is 10.1. The van der Waals surface area contributed by atoms with E-state index in [9.17, 15) is 4.79 Å². The van der Waals surface area contributed by atoms with Gasteiger partial charge in [-0.2, -0.15) is 5.10 Å². The van der Waals surface area contributed by atoms with Gasteiger partial charge in [-0.25, -0.2) is 4.79 Å². The topological polar surface area (TPSA) is 68.2 Å². The van der Waals surface area contributed by atoms with E-state index in [0.717, 1.165) is 44.6 Å². The molecule has 1 aromatic rings. The van der Waals surface area contributed by atoms with Gasteiger partial charge in [-0.3, -0.25) is 4.68 Å². The second kappa shape index (κ2) is 9.55. The number of nitrogens with one attached hydrogen (secondary N) is 2. The molecule has 1 aromatic heterocycles. The van der Waals surface area contributed by atoms with Crippen molar-refractivity contribution in [3.63, 3.8) is 0 Å². The molecular weight excluding hydrogens is 292 g/mol. The third-order valence-electron chi connectivity index (χ3n) is 4.40. The van der Waals surface area contributed by atoms with E-state index in [1.54, 1.807) is 6.20 Å². The highest BCUT2D eigenvalue weighted by molar-refractivity contribution is 5.88. The molecule has 0 bridgehead atoms. The zero-order valence-corrected chi connectivity index (χ0v) is 14.4. The molecule has 6 heteroatoms. The minimum absolute atomic E-state index is 0.156. The van der Waals surface area contributed by atoms with Gasteiger partial charge in [-0.1, -0.05) is 33.1 Å². The number of ether oxygens (including phenoxy) is 1. The Morgan fingerprint density at radius 3 is 3.09 bits per heavy atom. The first-order valence-corrected chi connectivity index (χ1v) is 8.90. The highest BCUT2D eigenvalue weighted by atomic mass is 16.5. The first-order chi connectivity index (χ1) is 11.2. The molecule has 2 atom stereocenters. The van der Waals surface area contributed by atoms with E-state index in [-0.39, 0.29) is 12.1 Å². The fourth-order valence-electron chi connectivity index (χ4n) is 2.88. The molecule has 0 aliphatic carbocycles. The van der Waals surface area contributed by atoms with E-state index in [2.05, 4.69) is 29.6 Å². The van der Waals surface area contributed by atoms with Crippen LogP contribution < -0.4 is 10.6 Å². The zero-order chi connectivity index (χ0) is 16.5. The molecule has 2 amide bonds. The van der Waals surface area contributed by atoms with Crippen molar-refractivity contribution in [2.45, 2.75) is 65.0 Å². The lowest BCUT2D eigenvalue weighted by Gasteiger charge is -2.15. The van der Waals surface area contributed by atoms with Crippen molar-refractivity contribution in [1.82, 2.24) is 15.1 Å². The van der Waals surface area contributed by atoms with Crippen LogP contribution in [0.3, 0.4) is 0 Å². The predicted octanol–water partition coefficient (Wildman–Crippen LogP) is 3.40. The van der Waals surface area contributed by atoms with Gasteiger partial charge >= 0.3 is 6.03 Å². The molecule has 0 spiro atoms. The average Bonchev–Trinajstić information content (AvgIpc) is 3.20. The molecule has 6 nitrogen and oxygen atoms in total. The number of nitrogens with zero attached hydrogens (tertiary/aromatic N) is 2. The summed E-state index contributed by atoms with van der Waals surface area (Å²) in [7, 11) is 0. The average molecular weight is 322 g/mol. The number of anilines is 1. The second-order valence-electron chi connectivity index (χ2n) is 6.34. The maximum Gasteiger partial charge on any atom is 0.319 e. The number of aromatic nitrogens is 2. The SMILES string of the molecule is CCCCC(CC)CNC(=O)Nc1cnn(CC2CCCO2)c1. The Morgan fingerprint density at radius 1 is 1.52 bits per heavy atom. The van der Waals surface area contributed by atoms with Crippen LogP contribution in [0.4, 0.5) is 10.5 Å². The third kappa shape index (κ3) is 6.22. The molecule has 130 valence electrons. The highest BCUT2D eigenvalue weighted by Gasteiger charge is 2.16. The van der Waals surface area contributed by atoms with Gasteiger partial charge in [0.2, 0.25) is 0 Å². The van der Waals surface area contributed by atoms with Gasteiger partial charge in [0.1, 0.15) is 0 Å². The lowest BCUT2D eigenvalue weighted by molar-refractivity contribution is 0.0940. The lowest BCUT2D eigenvalue weighted by atomic mass is 9.99. The van der Waals surface area contributed by atoms with Gasteiger partial charge in [0.25, 0.3) is 0 Å². The minimum atomic E-state index is -0.156. The van der Waals surface area contributed by atoms with E-state index in [0.29, 0.717) is 5.92 Å². The summed E-state index contributed by atoms with van der Waals surface area (Å²) in [5.74, 6) is 0.558. The van der Waals surface area contributed by atoms with Crippen molar-refractivity contribution in [3.05, 3.63) is 12.4 Å². The van der Waals surface area contributed by atoms with Crippen LogP contribution in [0.25, 0.3) is 0 Å². The largest absolute Gasteiger partial charge is 0.376 e. The van der Waals surface area contributed by atoms with E-state index in [4.69, 9.17) is 4.74 Å². The second-order valence-corrected chi connectivity index (χ2v) is 6.34. The molecule has 0 saturated carbocycles. The maximum atomic E-state index is 12.0. The van der Waals surface area contributed by atoms with Crippen molar-refractivity contribution in [1.29, 1.82) is 0 Å². The van der Waals surface area contributed by atoms with Crippen molar-refractivity contribution in [2.75, 3.05) is 18.5 Å². The van der Waals surface area contributed by atoms with Crippen molar-refractivity contribution < 1.29 is 9.53 Å². The van der Waals surface area contributed by atoms with E-state index >= 15 is 0 Å². The Bertz CT molecular complexity index is 469. The molecule has 2 rings (SSSR count). The minimum Gasteiger partial charge on any atom is -0.376 e. The predicted molar refractivity (Wildman–Crippen MR) is 91.5 cm³/mol. The van der Waals surface area contributed by atoms with Crippen LogP contribution in [0.1, 0.15) is 52.4 Å². The smallest absolute Gasteiger partial charge is 0.319 e. The number of hydrogen-bond donors (Lipinski definition) is 2. The van der Waals surface area contributed by atoms with E-state index in [1.807, 2.05) is 10.9 Å². The van der Waals surface area contributed by atoms with Crippen molar-refractivity contribution in [2.24, 2.45) is 5.92 Å². The molecule has 0 aromatic carbocycles. The number of carbonyl (C=O) groups excluding carboxylic acids is 1. The normalized spacial score (nSPS) is 18.8. The Balaban J connectivity index is 1.71. The summed E-state index contributed by atoms with van der Waals surface area (Å²) in [6.45, 7) is 6.69. The number of unbranched alkanes of at least 4 members (excludes halogenated alkanes) is 1. The number of urea groups is 1. The summed E-state index contributed by atoms with van der Waals surface area (Å²) in [6, 6.07) is -0.156. The van der Waals surface area contributed by atoms with Crippen molar-refractivity contribution >= 4 is 11.7 Å². The Labute approximate surface area is 139 Å². The number of carbonyl (C=O) groups is 1. The molecule has 2 N–H and O–H groups in total.